The molecule has 1 aliphatic rings. The summed E-state index contributed by atoms with van der Waals surface area (Å²) in [6, 6.07) is 5.82. The molecular weight excluding hydrogens is 347 g/mol. The normalized spacial score (nSPS) is 17.8. The topological polar surface area (TPSA) is 89.7 Å². The highest BCUT2D eigenvalue weighted by molar-refractivity contribution is 7.91. The number of amides is 1. The van der Waals surface area contributed by atoms with E-state index in [0.717, 1.165) is 0 Å². The lowest BCUT2D eigenvalue weighted by molar-refractivity contribution is -0.133. The van der Waals surface area contributed by atoms with Crippen LogP contribution in [0.4, 0.5) is 4.39 Å². The van der Waals surface area contributed by atoms with Crippen LogP contribution < -0.4 is 10.5 Å². The maximum Gasteiger partial charge on any atom is 0.229 e. The largest absolute Gasteiger partial charge is 0.489 e. The number of nitrogens with zero attached hydrogens (tertiary/aromatic N) is 1. The fourth-order valence-electron chi connectivity index (χ4n) is 2.51. The van der Waals surface area contributed by atoms with Crippen LogP contribution in [0.1, 0.15) is 20.3 Å². The molecule has 8 heteroatoms. The summed E-state index contributed by atoms with van der Waals surface area (Å²) in [5, 5.41) is 0. The quantitative estimate of drug-likeness (QED) is 0.791. The highest BCUT2D eigenvalue weighted by atomic mass is 32.2. The number of ether oxygens (including phenoxy) is 1. The van der Waals surface area contributed by atoms with Crippen molar-refractivity contribution in [2.75, 3.05) is 25.6 Å². The van der Waals surface area contributed by atoms with Crippen molar-refractivity contribution >= 4 is 15.7 Å². The van der Waals surface area contributed by atoms with E-state index in [1.165, 1.54) is 29.2 Å². The highest BCUT2D eigenvalue weighted by Gasteiger charge is 2.40. The summed E-state index contributed by atoms with van der Waals surface area (Å²) >= 11 is 0. The van der Waals surface area contributed by atoms with Crippen LogP contribution in [0.25, 0.3) is 0 Å². The molecule has 0 aromatic heterocycles. The van der Waals surface area contributed by atoms with Gasteiger partial charge in [-0.15, -0.1) is 0 Å². The minimum absolute atomic E-state index is 0.00351. The van der Waals surface area contributed by atoms with Gasteiger partial charge >= 0.3 is 0 Å². The zero-order valence-electron chi connectivity index (χ0n) is 14.4. The van der Waals surface area contributed by atoms with Crippen LogP contribution in [0.2, 0.25) is 0 Å². The molecule has 1 heterocycles. The molecule has 2 N–H and O–H groups in total. The van der Waals surface area contributed by atoms with Gasteiger partial charge in [0.05, 0.1) is 11.2 Å². The molecule has 1 aromatic carbocycles. The van der Waals surface area contributed by atoms with E-state index < -0.39 is 15.3 Å². The molecule has 1 fully saturated rings. The third kappa shape index (κ3) is 4.58. The summed E-state index contributed by atoms with van der Waals surface area (Å²) in [5.74, 6) is -0.0781. The van der Waals surface area contributed by atoms with Crippen molar-refractivity contribution in [3.63, 3.8) is 0 Å². The second kappa shape index (κ2) is 7.53. The molecule has 0 spiro atoms. The Balaban J connectivity index is 2.04. The smallest absolute Gasteiger partial charge is 0.229 e. The zero-order chi connectivity index (χ0) is 18.7. The minimum Gasteiger partial charge on any atom is -0.489 e. The van der Waals surface area contributed by atoms with Crippen molar-refractivity contribution in [3.05, 3.63) is 36.2 Å². The number of hydrogen-bond donors (Lipinski definition) is 1. The van der Waals surface area contributed by atoms with Gasteiger partial charge in [0.2, 0.25) is 5.91 Å². The van der Waals surface area contributed by atoms with Crippen LogP contribution in [-0.2, 0) is 14.6 Å². The summed E-state index contributed by atoms with van der Waals surface area (Å²) < 4.78 is 42.8. The van der Waals surface area contributed by atoms with Gasteiger partial charge < -0.3 is 15.4 Å². The first-order valence-corrected chi connectivity index (χ1v) is 9.58. The fourth-order valence-corrected chi connectivity index (χ4v) is 3.86. The molecule has 25 heavy (non-hydrogen) atoms. The number of benzene rings is 1. The van der Waals surface area contributed by atoms with Crippen LogP contribution in [-0.4, -0.2) is 44.8 Å². The summed E-state index contributed by atoms with van der Waals surface area (Å²) in [7, 11) is -3.63. The fraction of sp³-hybridized carbons (Fsp3) is 0.471. The standard InChI is InChI=1S/C17H23FN2O4S/c1-17(2)7-8-20(16(17)21)12-25(22,23)15-5-3-14(4-6-15)24-11-13(9-18)10-19/h3-6,9H,7-8,10-12,19H2,1-2H3/b13-9+. The molecule has 1 aromatic rings. The van der Waals surface area contributed by atoms with Crippen molar-refractivity contribution < 1.29 is 22.3 Å². The molecule has 138 valence electrons. The van der Waals surface area contributed by atoms with Gasteiger partial charge in [-0.3, -0.25) is 4.79 Å². The molecule has 0 unspecified atom stereocenters. The monoisotopic (exact) mass is 370 g/mol. The lowest BCUT2D eigenvalue weighted by Gasteiger charge is -2.19. The lowest BCUT2D eigenvalue weighted by atomic mass is 9.92. The van der Waals surface area contributed by atoms with E-state index >= 15 is 0 Å². The molecule has 0 aliphatic carbocycles. The lowest BCUT2D eigenvalue weighted by Crippen LogP contribution is -2.35. The third-order valence-corrected chi connectivity index (χ3v) is 5.86. The van der Waals surface area contributed by atoms with Crippen molar-refractivity contribution in [1.82, 2.24) is 4.90 Å². The van der Waals surface area contributed by atoms with Gasteiger partial charge in [0.1, 0.15) is 18.2 Å². The maximum atomic E-state index is 12.5. The van der Waals surface area contributed by atoms with Crippen LogP contribution in [0.3, 0.4) is 0 Å². The summed E-state index contributed by atoms with van der Waals surface area (Å²) in [6.45, 7) is 4.11. The first-order chi connectivity index (χ1) is 11.7. The number of carbonyl (C=O) groups is 1. The number of nitrogens with two attached hydrogens (primary N) is 1. The highest BCUT2D eigenvalue weighted by Crippen LogP contribution is 2.31. The molecule has 0 atom stereocenters. The van der Waals surface area contributed by atoms with E-state index in [1.54, 1.807) is 0 Å². The molecular formula is C17H23FN2O4S. The SMILES string of the molecule is CC1(C)CCN(CS(=O)(=O)c2ccc(OC/C(=C/F)CN)cc2)C1=O. The van der Waals surface area contributed by atoms with Crippen molar-refractivity contribution in [3.8, 4) is 5.75 Å². The molecule has 1 aliphatic heterocycles. The Morgan fingerprint density at radius 1 is 1.36 bits per heavy atom. The summed E-state index contributed by atoms with van der Waals surface area (Å²) in [5.41, 5.74) is 5.12. The number of likely N-dealkylation sites (tertiary alicyclic amines) is 1. The van der Waals surface area contributed by atoms with Crippen molar-refractivity contribution in [1.29, 1.82) is 0 Å². The Bertz CT molecular complexity index is 757. The van der Waals surface area contributed by atoms with Crippen LogP contribution >= 0.6 is 0 Å². The Kier molecular flexibility index (Phi) is 5.84. The number of halogens is 1. The molecule has 2 rings (SSSR count). The Labute approximate surface area is 147 Å². The predicted molar refractivity (Wildman–Crippen MR) is 92.3 cm³/mol. The first-order valence-electron chi connectivity index (χ1n) is 7.93. The molecule has 0 bridgehead atoms. The molecule has 6 nitrogen and oxygen atoms in total. The van der Waals surface area contributed by atoms with Gasteiger partial charge in [-0.25, -0.2) is 12.8 Å². The number of sulfone groups is 1. The molecule has 1 saturated heterocycles. The van der Waals surface area contributed by atoms with Gasteiger partial charge in [-0.05, 0) is 30.7 Å². The number of rotatable bonds is 7. The second-order valence-corrected chi connectivity index (χ2v) is 8.64. The van der Waals surface area contributed by atoms with E-state index in [-0.39, 0.29) is 29.8 Å². The third-order valence-electron chi connectivity index (χ3n) is 4.22. The van der Waals surface area contributed by atoms with Crippen LogP contribution in [0.15, 0.2) is 41.1 Å². The van der Waals surface area contributed by atoms with E-state index in [0.29, 0.717) is 30.6 Å². The molecule has 1 amide bonds. The Morgan fingerprint density at radius 3 is 2.48 bits per heavy atom. The Morgan fingerprint density at radius 2 is 2.00 bits per heavy atom. The van der Waals surface area contributed by atoms with Gasteiger partial charge in [-0.2, -0.15) is 0 Å². The average Bonchev–Trinajstić information content (AvgIpc) is 2.83. The van der Waals surface area contributed by atoms with E-state index in [2.05, 4.69) is 0 Å². The van der Waals surface area contributed by atoms with Gasteiger partial charge in [0.25, 0.3) is 0 Å². The van der Waals surface area contributed by atoms with Crippen molar-refractivity contribution in [2.24, 2.45) is 11.1 Å². The minimum atomic E-state index is -3.63. The van der Waals surface area contributed by atoms with E-state index in [1.807, 2.05) is 13.8 Å². The summed E-state index contributed by atoms with van der Waals surface area (Å²) in [6.07, 6.45) is 1.03. The van der Waals surface area contributed by atoms with Gasteiger partial charge in [0, 0.05) is 24.1 Å². The summed E-state index contributed by atoms with van der Waals surface area (Å²) in [4.78, 5) is 13.7. The van der Waals surface area contributed by atoms with Crippen LogP contribution in [0, 0.1) is 5.41 Å². The van der Waals surface area contributed by atoms with Crippen molar-refractivity contribution in [2.45, 2.75) is 25.2 Å². The Hall–Kier alpha value is -1.93. The van der Waals surface area contributed by atoms with Crippen LogP contribution in [0.5, 0.6) is 5.75 Å². The number of hydrogen-bond acceptors (Lipinski definition) is 5. The second-order valence-electron chi connectivity index (χ2n) is 6.68. The van der Waals surface area contributed by atoms with Gasteiger partial charge in [0.15, 0.2) is 9.84 Å². The zero-order valence-corrected chi connectivity index (χ0v) is 15.2. The van der Waals surface area contributed by atoms with E-state index in [4.69, 9.17) is 10.5 Å². The maximum absolute atomic E-state index is 12.5. The number of carbonyl (C=O) groups excluding carboxylic acids is 1. The first kappa shape index (κ1) is 19.4. The van der Waals surface area contributed by atoms with Gasteiger partial charge in [-0.1, -0.05) is 13.8 Å². The average molecular weight is 370 g/mol. The molecule has 0 saturated carbocycles. The molecule has 0 radical (unpaired) electrons. The predicted octanol–water partition coefficient (Wildman–Crippen LogP) is 1.87. The van der Waals surface area contributed by atoms with E-state index in [9.17, 15) is 17.6 Å².